The number of anilines is 3. The van der Waals surface area contributed by atoms with Crippen molar-refractivity contribution in [2.24, 2.45) is 5.92 Å². The summed E-state index contributed by atoms with van der Waals surface area (Å²) in [5.41, 5.74) is 0.284. The van der Waals surface area contributed by atoms with Gasteiger partial charge in [-0.15, -0.1) is 11.3 Å². The number of halogens is 3. The summed E-state index contributed by atoms with van der Waals surface area (Å²) < 4.78 is 39.1. The van der Waals surface area contributed by atoms with Crippen LogP contribution < -0.4 is 10.6 Å². The number of para-hydroxylation sites is 2. The Bertz CT molecular complexity index is 1530. The van der Waals surface area contributed by atoms with Gasteiger partial charge in [0.1, 0.15) is 22.1 Å². The molecule has 0 unspecified atom stereocenters. The molecule has 0 radical (unpaired) electrons. The third-order valence-electron chi connectivity index (χ3n) is 6.81. The van der Waals surface area contributed by atoms with Crippen LogP contribution in [0.25, 0.3) is 10.4 Å². The van der Waals surface area contributed by atoms with Crippen LogP contribution >= 0.6 is 11.3 Å². The molecule has 8 nitrogen and oxygen atoms in total. The summed E-state index contributed by atoms with van der Waals surface area (Å²) in [6.45, 7) is 1.86. The maximum atomic E-state index is 13.0. The van der Waals surface area contributed by atoms with Crippen LogP contribution in [0.2, 0.25) is 0 Å². The maximum Gasteiger partial charge on any atom is 0.433 e. The molecular formula is C28H26F3N5O3S. The van der Waals surface area contributed by atoms with Crippen LogP contribution in [0.3, 0.4) is 0 Å². The van der Waals surface area contributed by atoms with Crippen LogP contribution in [0.4, 0.5) is 30.5 Å². The van der Waals surface area contributed by atoms with Crippen LogP contribution in [-0.4, -0.2) is 31.1 Å². The fraction of sp³-hybridized carbons (Fsp3) is 0.286. The van der Waals surface area contributed by atoms with E-state index in [0.29, 0.717) is 42.1 Å². The molecule has 2 heterocycles. The molecule has 0 spiro atoms. The number of phenolic OH excluding ortho intramolecular Hbond substituents is 1. The first-order chi connectivity index (χ1) is 19.0. The van der Waals surface area contributed by atoms with Crippen molar-refractivity contribution in [3.8, 4) is 16.2 Å². The van der Waals surface area contributed by atoms with Crippen LogP contribution in [0.1, 0.15) is 41.9 Å². The molecule has 12 heteroatoms. The zero-order valence-electron chi connectivity index (χ0n) is 21.4. The van der Waals surface area contributed by atoms with Gasteiger partial charge >= 0.3 is 6.18 Å². The minimum atomic E-state index is -4.58. The minimum absolute atomic E-state index is 0.00432. The van der Waals surface area contributed by atoms with Gasteiger partial charge in [-0.05, 0) is 74.1 Å². The average Bonchev–Trinajstić information content (AvgIpc) is 3.41. The molecular weight excluding hydrogens is 543 g/mol. The first-order valence-electron chi connectivity index (χ1n) is 12.6. The molecule has 2 aromatic heterocycles. The summed E-state index contributed by atoms with van der Waals surface area (Å²) in [7, 11) is 0. The lowest BCUT2D eigenvalue weighted by Gasteiger charge is -2.33. The van der Waals surface area contributed by atoms with Gasteiger partial charge in [0.15, 0.2) is 0 Å². The van der Waals surface area contributed by atoms with Crippen molar-refractivity contribution in [1.29, 1.82) is 0 Å². The molecule has 0 aliphatic heterocycles. The van der Waals surface area contributed by atoms with Gasteiger partial charge in [0.2, 0.25) is 11.9 Å². The number of aromatic hydroxyl groups is 1. The molecule has 1 saturated carbocycles. The van der Waals surface area contributed by atoms with Crippen molar-refractivity contribution >= 4 is 34.6 Å². The Hall–Kier alpha value is -4.03. The van der Waals surface area contributed by atoms with Gasteiger partial charge in [0.05, 0.1) is 10.6 Å². The van der Waals surface area contributed by atoms with Gasteiger partial charge in [0, 0.05) is 24.0 Å². The molecule has 1 fully saturated rings. The Kier molecular flexibility index (Phi) is 7.47. The predicted octanol–water partition coefficient (Wildman–Crippen LogP) is 6.39. The second-order valence-electron chi connectivity index (χ2n) is 9.82. The Labute approximate surface area is 232 Å². The van der Waals surface area contributed by atoms with E-state index in [1.807, 2.05) is 13.0 Å². The van der Waals surface area contributed by atoms with E-state index >= 15 is 0 Å². The third-order valence-corrected chi connectivity index (χ3v) is 8.05. The lowest BCUT2D eigenvalue weighted by Crippen LogP contribution is -2.35. The number of aromatic nitrogens is 3. The Morgan fingerprint density at radius 1 is 1.10 bits per heavy atom. The lowest BCUT2D eigenvalue weighted by atomic mass is 9.78. The quantitative estimate of drug-likeness (QED) is 0.199. The minimum Gasteiger partial charge on any atom is -0.506 e. The van der Waals surface area contributed by atoms with Crippen molar-refractivity contribution < 1.29 is 28.2 Å². The second kappa shape index (κ2) is 10.9. The van der Waals surface area contributed by atoms with E-state index in [1.54, 1.807) is 36.5 Å². The van der Waals surface area contributed by atoms with Gasteiger partial charge in [-0.1, -0.05) is 18.2 Å². The van der Waals surface area contributed by atoms with E-state index in [9.17, 15) is 28.2 Å². The topological polar surface area (TPSA) is 120 Å². The van der Waals surface area contributed by atoms with Crippen LogP contribution in [0, 0.1) is 12.8 Å². The highest BCUT2D eigenvalue weighted by atomic mass is 32.1. The molecule has 5 rings (SSSR count). The van der Waals surface area contributed by atoms with Gasteiger partial charge in [-0.2, -0.15) is 13.2 Å². The van der Waals surface area contributed by atoms with Crippen LogP contribution in [0.15, 0.2) is 60.9 Å². The highest BCUT2D eigenvalue weighted by Crippen LogP contribution is 2.43. The number of aryl methyl sites for hydroxylation is 1. The zero-order valence-corrected chi connectivity index (χ0v) is 22.2. The Morgan fingerprint density at radius 3 is 2.58 bits per heavy atom. The summed E-state index contributed by atoms with van der Waals surface area (Å²) in [5.74, 6) is -0.681. The Balaban J connectivity index is 1.27. The number of hydrogen-bond donors (Lipinski definition) is 4. The number of hydrogen-bond acceptors (Lipinski definition) is 8. The molecule has 2 aromatic carbocycles. The smallest absolute Gasteiger partial charge is 0.433 e. The van der Waals surface area contributed by atoms with Gasteiger partial charge in [-0.25, -0.2) is 15.0 Å². The van der Waals surface area contributed by atoms with Crippen molar-refractivity contribution in [3.63, 3.8) is 0 Å². The van der Waals surface area contributed by atoms with E-state index in [1.165, 1.54) is 17.4 Å². The largest absolute Gasteiger partial charge is 0.506 e. The predicted molar refractivity (Wildman–Crippen MR) is 145 cm³/mol. The molecule has 1 amide bonds. The molecule has 1 aliphatic rings. The van der Waals surface area contributed by atoms with Crippen molar-refractivity contribution in [2.45, 2.75) is 44.4 Å². The van der Waals surface area contributed by atoms with E-state index < -0.39 is 17.5 Å². The zero-order chi connectivity index (χ0) is 28.5. The molecule has 4 N–H and O–H groups in total. The number of carbonyl (C=O) groups is 1. The fourth-order valence-electron chi connectivity index (χ4n) is 4.71. The molecule has 0 bridgehead atoms. The van der Waals surface area contributed by atoms with Crippen LogP contribution in [-0.2, 0) is 16.6 Å². The highest BCUT2D eigenvalue weighted by molar-refractivity contribution is 7.15. The SMILES string of the molecule is Cc1cc(Nc2nccc(C(F)(F)F)n2)cc(-c2cnc([C@]3(O)CC[C@H](C(=O)Nc4ccccc4O)CC3)s2)c1. The normalized spacial score (nSPS) is 19.3. The number of aliphatic hydroxyl groups is 1. The number of rotatable bonds is 6. The summed E-state index contributed by atoms with van der Waals surface area (Å²) >= 11 is 1.33. The van der Waals surface area contributed by atoms with E-state index in [0.717, 1.165) is 28.3 Å². The monoisotopic (exact) mass is 569 g/mol. The van der Waals surface area contributed by atoms with Gasteiger partial charge < -0.3 is 20.8 Å². The average molecular weight is 570 g/mol. The highest BCUT2D eigenvalue weighted by Gasteiger charge is 2.39. The lowest BCUT2D eigenvalue weighted by molar-refractivity contribution is -0.141. The van der Waals surface area contributed by atoms with E-state index in [4.69, 9.17) is 0 Å². The van der Waals surface area contributed by atoms with E-state index in [2.05, 4.69) is 25.6 Å². The number of phenols is 1. The third kappa shape index (κ3) is 6.07. The van der Waals surface area contributed by atoms with Crippen molar-refractivity contribution in [1.82, 2.24) is 15.0 Å². The summed E-state index contributed by atoms with van der Waals surface area (Å²) in [4.78, 5) is 25.4. The molecule has 208 valence electrons. The summed E-state index contributed by atoms with van der Waals surface area (Å²) in [6, 6.07) is 12.8. The number of carbonyl (C=O) groups excluding carboxylic acids is 1. The standard InChI is InChI=1S/C28H26F3N5O3S/c1-16-12-18(14-19(13-16)34-26-32-11-8-23(36-26)28(29,30)31)22-15-33-25(40-22)27(39)9-6-17(7-10-27)24(38)35-20-4-2-3-5-21(20)37/h2-5,8,11-15,17,37,39H,6-7,9-10H2,1H3,(H,35,38)(H,32,34,36)/t17-,27-. The number of alkyl halides is 3. The number of nitrogens with zero attached hydrogens (tertiary/aromatic N) is 3. The Morgan fingerprint density at radius 2 is 1.85 bits per heavy atom. The summed E-state index contributed by atoms with van der Waals surface area (Å²) in [5, 5.41) is 27.4. The first kappa shape index (κ1) is 27.5. The molecule has 1 aliphatic carbocycles. The van der Waals surface area contributed by atoms with Crippen molar-refractivity contribution in [2.75, 3.05) is 10.6 Å². The van der Waals surface area contributed by atoms with Gasteiger partial charge in [-0.3, -0.25) is 4.79 Å². The van der Waals surface area contributed by atoms with E-state index in [-0.39, 0.29) is 23.5 Å². The van der Waals surface area contributed by atoms with Gasteiger partial charge in [0.25, 0.3) is 0 Å². The van der Waals surface area contributed by atoms with Crippen LogP contribution in [0.5, 0.6) is 5.75 Å². The number of nitrogens with one attached hydrogen (secondary N) is 2. The number of thiazole rings is 1. The summed E-state index contributed by atoms with van der Waals surface area (Å²) in [6.07, 6.45) is -0.243. The molecule has 0 atom stereocenters. The molecule has 0 saturated heterocycles. The molecule has 4 aromatic rings. The fourth-order valence-corrected chi connectivity index (χ4v) is 5.76. The second-order valence-corrected chi connectivity index (χ2v) is 10.8. The molecule has 40 heavy (non-hydrogen) atoms. The maximum absolute atomic E-state index is 13.0. The first-order valence-corrected chi connectivity index (χ1v) is 13.4. The van der Waals surface area contributed by atoms with Crippen molar-refractivity contribution in [3.05, 3.63) is 77.2 Å². The number of benzene rings is 2. The number of amides is 1.